The summed E-state index contributed by atoms with van der Waals surface area (Å²) in [7, 11) is 2.14. The maximum atomic E-state index is 7.15. The van der Waals surface area contributed by atoms with Crippen LogP contribution in [0.3, 0.4) is 0 Å². The third-order valence-electron chi connectivity index (χ3n) is 2.94. The first kappa shape index (κ1) is 13.7. The normalized spacial score (nSPS) is 10.8. The molecule has 1 aromatic rings. The van der Waals surface area contributed by atoms with E-state index in [0.717, 1.165) is 32.4 Å². The van der Waals surface area contributed by atoms with Gasteiger partial charge in [-0.1, -0.05) is 24.3 Å². The molecule has 94 valence electrons. The molecular formula is C14H23N3. The third kappa shape index (κ3) is 5.50. The summed E-state index contributed by atoms with van der Waals surface area (Å²) in [4.78, 5) is 2.32. The molecule has 0 fully saturated rings. The van der Waals surface area contributed by atoms with Crippen LogP contribution in [0.2, 0.25) is 0 Å². The van der Waals surface area contributed by atoms with Gasteiger partial charge in [0.15, 0.2) is 0 Å². The predicted molar refractivity (Wildman–Crippen MR) is 73.3 cm³/mol. The van der Waals surface area contributed by atoms with Crippen molar-refractivity contribution in [3.8, 4) is 0 Å². The Hall–Kier alpha value is -1.35. The van der Waals surface area contributed by atoms with Crippen molar-refractivity contribution in [1.82, 2.24) is 4.90 Å². The molecule has 0 saturated heterocycles. The van der Waals surface area contributed by atoms with Crippen LogP contribution < -0.4 is 5.73 Å². The molecule has 1 rings (SSSR count). The van der Waals surface area contributed by atoms with E-state index in [4.69, 9.17) is 11.1 Å². The quantitative estimate of drug-likeness (QED) is 0.432. The lowest BCUT2D eigenvalue weighted by Gasteiger charge is -2.17. The fourth-order valence-electron chi connectivity index (χ4n) is 1.85. The molecule has 0 aliphatic carbocycles. The molecule has 0 atom stereocenters. The predicted octanol–water partition coefficient (Wildman–Crippen LogP) is 2.53. The molecule has 0 aromatic heterocycles. The zero-order valence-corrected chi connectivity index (χ0v) is 10.9. The Labute approximate surface area is 104 Å². The number of rotatable bonds is 7. The van der Waals surface area contributed by atoms with Crippen LogP contribution in [0.4, 0.5) is 0 Å². The second-order valence-corrected chi connectivity index (χ2v) is 4.65. The highest BCUT2D eigenvalue weighted by molar-refractivity contribution is 5.76. The van der Waals surface area contributed by atoms with E-state index < -0.39 is 0 Å². The summed E-state index contributed by atoms with van der Waals surface area (Å²) in [5, 5.41) is 7.15. The Balaban J connectivity index is 2.27. The number of benzene rings is 1. The zero-order chi connectivity index (χ0) is 12.7. The number of nitrogens with one attached hydrogen (secondary N) is 1. The minimum atomic E-state index is 0.298. The molecule has 3 N–H and O–H groups in total. The smallest absolute Gasteiger partial charge is 0.0905 e. The third-order valence-corrected chi connectivity index (χ3v) is 2.94. The first-order chi connectivity index (χ1) is 8.09. The molecule has 0 aliphatic heterocycles. The summed E-state index contributed by atoms with van der Waals surface area (Å²) in [6.07, 6.45) is 2.83. The molecule has 17 heavy (non-hydrogen) atoms. The van der Waals surface area contributed by atoms with E-state index in [0.29, 0.717) is 5.84 Å². The maximum Gasteiger partial charge on any atom is 0.0905 e. The van der Waals surface area contributed by atoms with Crippen molar-refractivity contribution in [2.75, 3.05) is 13.6 Å². The number of hydrogen-bond acceptors (Lipinski definition) is 2. The van der Waals surface area contributed by atoms with Gasteiger partial charge in [-0.3, -0.25) is 5.41 Å². The fourth-order valence-corrected chi connectivity index (χ4v) is 1.85. The molecular weight excluding hydrogens is 210 g/mol. The SMILES string of the molecule is Cc1ccccc1CN(C)CCCCC(=N)N. The van der Waals surface area contributed by atoms with Crippen LogP contribution in [0, 0.1) is 12.3 Å². The molecule has 0 spiro atoms. The van der Waals surface area contributed by atoms with E-state index in [9.17, 15) is 0 Å². The van der Waals surface area contributed by atoms with Gasteiger partial charge in [0.2, 0.25) is 0 Å². The maximum absolute atomic E-state index is 7.15. The molecule has 3 nitrogen and oxygen atoms in total. The van der Waals surface area contributed by atoms with Gasteiger partial charge in [-0.05, 0) is 44.5 Å². The van der Waals surface area contributed by atoms with Crippen LogP contribution in [-0.4, -0.2) is 24.3 Å². The van der Waals surface area contributed by atoms with Gasteiger partial charge in [-0.15, -0.1) is 0 Å². The van der Waals surface area contributed by atoms with Crippen LogP contribution in [0.5, 0.6) is 0 Å². The van der Waals surface area contributed by atoms with Crippen molar-refractivity contribution < 1.29 is 0 Å². The Morgan fingerprint density at radius 1 is 1.29 bits per heavy atom. The Bertz CT molecular complexity index is 360. The Kier molecular flexibility index (Phi) is 5.70. The first-order valence-corrected chi connectivity index (χ1v) is 6.15. The average Bonchev–Trinajstić information content (AvgIpc) is 2.27. The van der Waals surface area contributed by atoms with Crippen molar-refractivity contribution in [1.29, 1.82) is 5.41 Å². The van der Waals surface area contributed by atoms with Crippen molar-refractivity contribution in [2.45, 2.75) is 32.7 Å². The van der Waals surface area contributed by atoms with E-state index in [-0.39, 0.29) is 0 Å². The van der Waals surface area contributed by atoms with E-state index in [2.05, 4.69) is 43.1 Å². The van der Waals surface area contributed by atoms with Gasteiger partial charge in [0, 0.05) is 13.0 Å². The summed E-state index contributed by atoms with van der Waals surface area (Å²) < 4.78 is 0. The monoisotopic (exact) mass is 233 g/mol. The number of amidine groups is 1. The van der Waals surface area contributed by atoms with Crippen LogP contribution in [0.15, 0.2) is 24.3 Å². The second-order valence-electron chi connectivity index (χ2n) is 4.65. The summed E-state index contributed by atoms with van der Waals surface area (Å²) >= 11 is 0. The highest BCUT2D eigenvalue weighted by atomic mass is 15.1. The Morgan fingerprint density at radius 3 is 2.65 bits per heavy atom. The average molecular weight is 233 g/mol. The largest absolute Gasteiger partial charge is 0.388 e. The molecule has 0 aliphatic rings. The minimum absolute atomic E-state index is 0.298. The number of unbranched alkanes of at least 4 members (excludes halogenated alkanes) is 1. The summed E-state index contributed by atoms with van der Waals surface area (Å²) in [5.74, 6) is 0.298. The van der Waals surface area contributed by atoms with Crippen molar-refractivity contribution in [2.24, 2.45) is 5.73 Å². The summed E-state index contributed by atoms with van der Waals surface area (Å²) in [5.41, 5.74) is 8.06. The van der Waals surface area contributed by atoms with Crippen molar-refractivity contribution in [3.05, 3.63) is 35.4 Å². The van der Waals surface area contributed by atoms with E-state index in [1.54, 1.807) is 0 Å². The summed E-state index contributed by atoms with van der Waals surface area (Å²) in [6.45, 7) is 4.20. The van der Waals surface area contributed by atoms with Crippen LogP contribution in [0.25, 0.3) is 0 Å². The number of nitrogens with zero attached hydrogens (tertiary/aromatic N) is 1. The van der Waals surface area contributed by atoms with Gasteiger partial charge >= 0.3 is 0 Å². The van der Waals surface area contributed by atoms with Gasteiger partial charge in [0.25, 0.3) is 0 Å². The van der Waals surface area contributed by atoms with Crippen molar-refractivity contribution in [3.63, 3.8) is 0 Å². The molecule has 0 radical (unpaired) electrons. The topological polar surface area (TPSA) is 53.1 Å². The number of hydrogen-bond donors (Lipinski definition) is 2. The molecule has 0 unspecified atom stereocenters. The number of nitrogens with two attached hydrogens (primary N) is 1. The van der Waals surface area contributed by atoms with E-state index >= 15 is 0 Å². The zero-order valence-electron chi connectivity index (χ0n) is 10.9. The molecule has 0 heterocycles. The second kappa shape index (κ2) is 7.07. The molecule has 0 saturated carbocycles. The standard InChI is InChI=1S/C14H23N3/c1-12-7-3-4-8-13(12)11-17(2)10-6-5-9-14(15)16/h3-4,7-8H,5-6,9-11H2,1-2H3,(H3,15,16). The van der Waals surface area contributed by atoms with Gasteiger partial charge in [-0.25, -0.2) is 0 Å². The Morgan fingerprint density at radius 2 is 2.00 bits per heavy atom. The van der Waals surface area contributed by atoms with Crippen molar-refractivity contribution >= 4 is 5.84 Å². The van der Waals surface area contributed by atoms with Crippen LogP contribution in [0.1, 0.15) is 30.4 Å². The van der Waals surface area contributed by atoms with Gasteiger partial charge < -0.3 is 10.6 Å². The fraction of sp³-hybridized carbons (Fsp3) is 0.500. The highest BCUT2D eigenvalue weighted by Gasteiger charge is 2.02. The van der Waals surface area contributed by atoms with Gasteiger partial charge in [-0.2, -0.15) is 0 Å². The number of aryl methyl sites for hydroxylation is 1. The minimum Gasteiger partial charge on any atom is -0.388 e. The highest BCUT2D eigenvalue weighted by Crippen LogP contribution is 2.10. The molecule has 1 aromatic carbocycles. The molecule has 3 heteroatoms. The lowest BCUT2D eigenvalue weighted by molar-refractivity contribution is 0.319. The van der Waals surface area contributed by atoms with Gasteiger partial charge in [0.05, 0.1) is 5.84 Å². The lowest BCUT2D eigenvalue weighted by Crippen LogP contribution is -2.20. The van der Waals surface area contributed by atoms with Crippen LogP contribution in [-0.2, 0) is 6.54 Å². The van der Waals surface area contributed by atoms with Crippen LogP contribution >= 0.6 is 0 Å². The van der Waals surface area contributed by atoms with E-state index in [1.165, 1.54) is 11.1 Å². The van der Waals surface area contributed by atoms with Gasteiger partial charge in [0.1, 0.15) is 0 Å². The summed E-state index contributed by atoms with van der Waals surface area (Å²) in [6, 6.07) is 8.50. The first-order valence-electron chi connectivity index (χ1n) is 6.15. The molecule has 0 amide bonds. The molecule has 0 bridgehead atoms. The lowest BCUT2D eigenvalue weighted by atomic mass is 10.1. The van der Waals surface area contributed by atoms with E-state index in [1.807, 2.05) is 0 Å².